The van der Waals surface area contributed by atoms with Crippen molar-refractivity contribution in [2.75, 3.05) is 19.8 Å². The van der Waals surface area contributed by atoms with Crippen LogP contribution in [0.3, 0.4) is 0 Å². The van der Waals surface area contributed by atoms with E-state index in [1.165, 1.54) is 6.07 Å². The zero-order valence-corrected chi connectivity index (χ0v) is 13.1. The topological polar surface area (TPSA) is 81.9 Å². The summed E-state index contributed by atoms with van der Waals surface area (Å²) in [5, 5.41) is 0. The lowest BCUT2D eigenvalue weighted by Crippen LogP contribution is -2.55. The third-order valence-electron chi connectivity index (χ3n) is 4.40. The van der Waals surface area contributed by atoms with Crippen molar-refractivity contribution in [2.45, 2.75) is 26.4 Å². The van der Waals surface area contributed by atoms with E-state index in [-0.39, 0.29) is 42.0 Å². The molecule has 124 valence electrons. The van der Waals surface area contributed by atoms with Crippen LogP contribution in [-0.2, 0) is 16.1 Å². The van der Waals surface area contributed by atoms with Crippen LogP contribution in [0.4, 0.5) is 4.39 Å². The number of hydrogen-bond acceptors (Lipinski definition) is 4. The highest BCUT2D eigenvalue weighted by Crippen LogP contribution is 2.34. The second kappa shape index (κ2) is 5.49. The Morgan fingerprint density at radius 2 is 2.09 bits per heavy atom. The van der Waals surface area contributed by atoms with Gasteiger partial charge in [-0.2, -0.15) is 0 Å². The first-order valence-corrected chi connectivity index (χ1v) is 7.46. The van der Waals surface area contributed by atoms with Crippen LogP contribution in [0.2, 0.25) is 0 Å². The fraction of sp³-hybridized carbons (Fsp3) is 0.500. The van der Waals surface area contributed by atoms with E-state index in [9.17, 15) is 14.0 Å². The van der Waals surface area contributed by atoms with Gasteiger partial charge in [-0.05, 0) is 26.0 Å². The predicted octanol–water partition coefficient (Wildman–Crippen LogP) is 1.07. The SMILES string of the molecule is C[C@H]1COc2cc(C(N)=O)cc(F)c2CN1C(=O)C1(C)COC1. The summed E-state index contributed by atoms with van der Waals surface area (Å²) in [6, 6.07) is 2.29. The quantitative estimate of drug-likeness (QED) is 0.883. The summed E-state index contributed by atoms with van der Waals surface area (Å²) < 4.78 is 25.1. The van der Waals surface area contributed by atoms with Crippen molar-refractivity contribution < 1.29 is 23.5 Å². The average molecular weight is 322 g/mol. The van der Waals surface area contributed by atoms with Crippen LogP contribution in [0.15, 0.2) is 12.1 Å². The Balaban J connectivity index is 1.95. The monoisotopic (exact) mass is 322 g/mol. The van der Waals surface area contributed by atoms with Crippen molar-refractivity contribution >= 4 is 11.8 Å². The molecular formula is C16H19FN2O4. The number of primary amides is 1. The molecule has 3 rings (SSSR count). The van der Waals surface area contributed by atoms with E-state index < -0.39 is 17.1 Å². The number of hydrogen-bond donors (Lipinski definition) is 1. The van der Waals surface area contributed by atoms with E-state index >= 15 is 0 Å². The molecule has 2 aliphatic rings. The summed E-state index contributed by atoms with van der Waals surface area (Å²) in [6.07, 6.45) is 0. The molecule has 2 aliphatic heterocycles. The summed E-state index contributed by atoms with van der Waals surface area (Å²) in [4.78, 5) is 25.6. The van der Waals surface area contributed by atoms with Gasteiger partial charge in [-0.1, -0.05) is 0 Å². The van der Waals surface area contributed by atoms with Crippen LogP contribution in [0.5, 0.6) is 5.75 Å². The maximum absolute atomic E-state index is 14.4. The first kappa shape index (κ1) is 15.7. The number of rotatable bonds is 2. The molecule has 0 spiro atoms. The molecule has 1 aromatic rings. The Labute approximate surface area is 133 Å². The van der Waals surface area contributed by atoms with E-state index in [1.54, 1.807) is 4.90 Å². The van der Waals surface area contributed by atoms with Gasteiger partial charge in [0.15, 0.2) is 0 Å². The number of carbonyl (C=O) groups is 2. The Morgan fingerprint density at radius 3 is 2.65 bits per heavy atom. The lowest BCUT2D eigenvalue weighted by atomic mass is 9.86. The zero-order chi connectivity index (χ0) is 16.8. The van der Waals surface area contributed by atoms with Crippen LogP contribution in [0, 0.1) is 11.2 Å². The lowest BCUT2D eigenvalue weighted by Gasteiger charge is -2.41. The van der Waals surface area contributed by atoms with Crippen LogP contribution < -0.4 is 10.5 Å². The molecule has 0 bridgehead atoms. The fourth-order valence-electron chi connectivity index (χ4n) is 2.81. The Bertz CT molecular complexity index is 672. The van der Waals surface area contributed by atoms with Gasteiger partial charge in [0, 0.05) is 11.1 Å². The number of carbonyl (C=O) groups excluding carboxylic acids is 2. The van der Waals surface area contributed by atoms with Crippen molar-refractivity contribution in [1.29, 1.82) is 0 Å². The van der Waals surface area contributed by atoms with Gasteiger partial charge in [0.2, 0.25) is 11.8 Å². The van der Waals surface area contributed by atoms with Crippen molar-refractivity contribution in [3.63, 3.8) is 0 Å². The van der Waals surface area contributed by atoms with Gasteiger partial charge in [-0.3, -0.25) is 9.59 Å². The molecule has 2 N–H and O–H groups in total. The number of fused-ring (bicyclic) bond motifs is 1. The van der Waals surface area contributed by atoms with Crippen molar-refractivity contribution in [2.24, 2.45) is 11.1 Å². The molecule has 2 heterocycles. The maximum Gasteiger partial charge on any atom is 0.248 e. The number of nitrogens with two attached hydrogens (primary N) is 1. The van der Waals surface area contributed by atoms with Crippen LogP contribution in [-0.4, -0.2) is 42.6 Å². The maximum atomic E-state index is 14.4. The van der Waals surface area contributed by atoms with Gasteiger partial charge in [-0.25, -0.2) is 4.39 Å². The molecule has 2 amide bonds. The molecule has 1 atom stereocenters. The normalized spacial score (nSPS) is 22.4. The molecule has 0 saturated carbocycles. The van der Waals surface area contributed by atoms with Crippen LogP contribution >= 0.6 is 0 Å². The zero-order valence-electron chi connectivity index (χ0n) is 13.1. The molecule has 0 aromatic heterocycles. The van der Waals surface area contributed by atoms with Gasteiger partial charge in [0.25, 0.3) is 0 Å². The van der Waals surface area contributed by atoms with Crippen molar-refractivity contribution in [1.82, 2.24) is 4.90 Å². The summed E-state index contributed by atoms with van der Waals surface area (Å²) in [5.74, 6) is -1.14. The molecular weight excluding hydrogens is 303 g/mol. The largest absolute Gasteiger partial charge is 0.491 e. The lowest BCUT2D eigenvalue weighted by molar-refractivity contribution is -0.171. The fourth-order valence-corrected chi connectivity index (χ4v) is 2.81. The third kappa shape index (κ3) is 2.65. The summed E-state index contributed by atoms with van der Waals surface area (Å²) in [7, 11) is 0. The standard InChI is InChI=1S/C16H19FN2O4/c1-9-6-23-13-4-10(14(18)20)3-12(17)11(13)5-19(9)15(21)16(2)7-22-8-16/h3-4,9H,5-8H2,1-2H3,(H2,18,20)/t9-/m0/s1. The number of amides is 2. The molecule has 6 nitrogen and oxygen atoms in total. The van der Waals surface area contributed by atoms with E-state index in [2.05, 4.69) is 0 Å². The van der Waals surface area contributed by atoms with Gasteiger partial charge in [0.05, 0.1) is 31.2 Å². The van der Waals surface area contributed by atoms with E-state index in [0.717, 1.165) is 6.07 Å². The van der Waals surface area contributed by atoms with Crippen molar-refractivity contribution in [3.8, 4) is 5.75 Å². The molecule has 0 unspecified atom stereocenters. The number of halogens is 1. The summed E-state index contributed by atoms with van der Waals surface area (Å²) in [6.45, 7) is 4.73. The van der Waals surface area contributed by atoms with Gasteiger partial charge < -0.3 is 20.1 Å². The minimum absolute atomic E-state index is 0.0491. The van der Waals surface area contributed by atoms with Crippen LogP contribution in [0.1, 0.15) is 29.8 Å². The Hall–Kier alpha value is -2.15. The predicted molar refractivity (Wildman–Crippen MR) is 79.4 cm³/mol. The molecule has 0 radical (unpaired) electrons. The number of nitrogens with zero attached hydrogens (tertiary/aromatic N) is 1. The second-order valence-electron chi connectivity index (χ2n) is 6.45. The van der Waals surface area contributed by atoms with Crippen molar-refractivity contribution in [3.05, 3.63) is 29.1 Å². The third-order valence-corrected chi connectivity index (χ3v) is 4.40. The first-order valence-electron chi connectivity index (χ1n) is 7.46. The van der Waals surface area contributed by atoms with Gasteiger partial charge >= 0.3 is 0 Å². The molecule has 7 heteroatoms. The van der Waals surface area contributed by atoms with E-state index in [0.29, 0.717) is 13.2 Å². The highest BCUT2D eigenvalue weighted by atomic mass is 19.1. The highest BCUT2D eigenvalue weighted by Gasteiger charge is 2.45. The Morgan fingerprint density at radius 1 is 1.39 bits per heavy atom. The molecule has 0 aliphatic carbocycles. The second-order valence-corrected chi connectivity index (χ2v) is 6.45. The minimum Gasteiger partial charge on any atom is -0.491 e. The summed E-state index contributed by atoms with van der Waals surface area (Å²) in [5.41, 5.74) is 4.94. The van der Waals surface area contributed by atoms with Crippen LogP contribution in [0.25, 0.3) is 0 Å². The average Bonchev–Trinajstić information content (AvgIpc) is 2.64. The first-order chi connectivity index (χ1) is 10.8. The molecule has 23 heavy (non-hydrogen) atoms. The van der Waals surface area contributed by atoms with E-state index in [4.69, 9.17) is 15.2 Å². The van der Waals surface area contributed by atoms with Gasteiger partial charge in [0.1, 0.15) is 18.2 Å². The molecule has 1 fully saturated rings. The molecule has 1 saturated heterocycles. The Kier molecular flexibility index (Phi) is 3.75. The summed E-state index contributed by atoms with van der Waals surface area (Å²) >= 11 is 0. The van der Waals surface area contributed by atoms with Gasteiger partial charge in [-0.15, -0.1) is 0 Å². The van der Waals surface area contributed by atoms with E-state index in [1.807, 2.05) is 13.8 Å². The minimum atomic E-state index is -0.723. The molecule has 1 aromatic carbocycles. The number of benzene rings is 1. The number of ether oxygens (including phenoxy) is 2. The highest BCUT2D eigenvalue weighted by molar-refractivity contribution is 5.93. The smallest absolute Gasteiger partial charge is 0.248 e.